The second-order valence-electron chi connectivity index (χ2n) is 15.9. The van der Waals surface area contributed by atoms with Crippen LogP contribution in [0.2, 0.25) is 0 Å². The summed E-state index contributed by atoms with van der Waals surface area (Å²) in [4.78, 5) is 31.2. The molecule has 4 saturated carbocycles. The van der Waals surface area contributed by atoms with Crippen LogP contribution in [0.4, 0.5) is 5.13 Å². The molecule has 0 bridgehead atoms. The summed E-state index contributed by atoms with van der Waals surface area (Å²) in [7, 11) is 0. The molecule has 0 saturated heterocycles. The van der Waals surface area contributed by atoms with Gasteiger partial charge in [-0.05, 0) is 116 Å². The molecular weight excluding hydrogens is 598 g/mol. The molecule has 0 radical (unpaired) electrons. The van der Waals surface area contributed by atoms with E-state index in [1.807, 2.05) is 38.1 Å². The summed E-state index contributed by atoms with van der Waals surface area (Å²) < 4.78 is 1.00. The highest BCUT2D eigenvalue weighted by Crippen LogP contribution is 2.68. The quantitative estimate of drug-likeness (QED) is 0.221. The molecule has 8 nitrogen and oxygen atoms in total. The summed E-state index contributed by atoms with van der Waals surface area (Å²) in [6, 6.07) is 7.12. The van der Waals surface area contributed by atoms with Crippen molar-refractivity contribution in [3.8, 4) is 0 Å². The number of nitrogens with zero attached hydrogens (tertiary/aromatic N) is 1. The van der Waals surface area contributed by atoms with Crippen LogP contribution in [0.15, 0.2) is 24.3 Å². The standard InChI is InChI=1S/C37H55N3O5S/c1-6-20(2)33(34(45)40-35-38-27-9-7-8-10-29(27)46-35)39-31(44)14-11-21(3)24-12-13-25-32-26(19-30(43)37(24,25)5)36(4)16-15-23(41)17-22(36)18-28(32)42/h7-10,20-26,28,30,32-33,41-43H,6,11-19H2,1-5H3,(H,39,44)(H,38,40,45)/t20-,21+,22-,23+,24+,25-,26-,28+,30-,32-,33-,36-,37+/m0/s1. The lowest BCUT2D eigenvalue weighted by molar-refractivity contribution is -0.207. The fraction of sp³-hybridized carbons (Fsp3) is 0.757. The number of para-hydroxylation sites is 1. The summed E-state index contributed by atoms with van der Waals surface area (Å²) in [6.45, 7) is 10.8. The highest BCUT2D eigenvalue weighted by molar-refractivity contribution is 7.22. The van der Waals surface area contributed by atoms with Gasteiger partial charge >= 0.3 is 0 Å². The van der Waals surface area contributed by atoms with Crippen molar-refractivity contribution in [2.24, 2.45) is 52.3 Å². The smallest absolute Gasteiger partial charge is 0.249 e. The van der Waals surface area contributed by atoms with Gasteiger partial charge < -0.3 is 26.0 Å². The fourth-order valence-corrected chi connectivity index (χ4v) is 11.6. The lowest BCUT2D eigenvalue weighted by atomic mass is 9.43. The number of benzene rings is 1. The minimum absolute atomic E-state index is 0.0357. The van der Waals surface area contributed by atoms with Crippen molar-refractivity contribution in [3.05, 3.63) is 24.3 Å². The van der Waals surface area contributed by atoms with Gasteiger partial charge in [-0.15, -0.1) is 0 Å². The molecule has 0 aliphatic heterocycles. The van der Waals surface area contributed by atoms with Gasteiger partial charge in [0.05, 0.1) is 28.5 Å². The van der Waals surface area contributed by atoms with Crippen molar-refractivity contribution in [2.75, 3.05) is 5.32 Å². The minimum atomic E-state index is -0.649. The number of rotatable bonds is 9. The van der Waals surface area contributed by atoms with Crippen LogP contribution in [0.3, 0.4) is 0 Å². The Balaban J connectivity index is 1.09. The maximum Gasteiger partial charge on any atom is 0.249 e. The monoisotopic (exact) mass is 653 g/mol. The van der Waals surface area contributed by atoms with Crippen LogP contribution in [0, 0.1) is 52.3 Å². The Kier molecular flexibility index (Phi) is 9.62. The zero-order valence-corrected chi connectivity index (χ0v) is 29.1. The van der Waals surface area contributed by atoms with Gasteiger partial charge in [0, 0.05) is 6.42 Å². The molecule has 254 valence electrons. The van der Waals surface area contributed by atoms with E-state index >= 15 is 0 Å². The number of aliphatic hydroxyl groups excluding tert-OH is 3. The Labute approximate surface area is 278 Å². The van der Waals surface area contributed by atoms with Crippen molar-refractivity contribution in [2.45, 2.75) is 123 Å². The fourth-order valence-electron chi connectivity index (χ4n) is 10.7. The van der Waals surface area contributed by atoms with E-state index < -0.39 is 18.2 Å². The van der Waals surface area contributed by atoms with E-state index in [4.69, 9.17) is 0 Å². The molecule has 1 aromatic heterocycles. The Morgan fingerprint density at radius 1 is 1.04 bits per heavy atom. The topological polar surface area (TPSA) is 132 Å². The predicted octanol–water partition coefficient (Wildman–Crippen LogP) is 6.14. The van der Waals surface area contributed by atoms with E-state index in [0.29, 0.717) is 30.3 Å². The van der Waals surface area contributed by atoms with Crippen LogP contribution in [-0.4, -0.2) is 56.5 Å². The number of anilines is 1. The van der Waals surface area contributed by atoms with Gasteiger partial charge in [0.2, 0.25) is 11.8 Å². The van der Waals surface area contributed by atoms with Crippen LogP contribution >= 0.6 is 11.3 Å². The third kappa shape index (κ3) is 5.92. The predicted molar refractivity (Wildman–Crippen MR) is 182 cm³/mol. The Bertz CT molecular complexity index is 1380. The average Bonchev–Trinajstić information content (AvgIpc) is 3.60. The van der Waals surface area contributed by atoms with Crippen molar-refractivity contribution in [1.82, 2.24) is 10.3 Å². The summed E-state index contributed by atoms with van der Waals surface area (Å²) in [6.07, 6.45) is 6.65. The van der Waals surface area contributed by atoms with E-state index in [1.54, 1.807) is 0 Å². The molecule has 1 heterocycles. The van der Waals surface area contributed by atoms with Crippen molar-refractivity contribution < 1.29 is 24.9 Å². The number of aliphatic hydroxyl groups is 3. The normalized spacial score (nSPS) is 39.0. The third-order valence-corrected chi connectivity index (χ3v) is 14.6. The van der Waals surface area contributed by atoms with Gasteiger partial charge in [-0.1, -0.05) is 64.5 Å². The van der Waals surface area contributed by atoms with E-state index in [1.165, 1.54) is 11.3 Å². The Hall–Kier alpha value is -2.07. The second-order valence-corrected chi connectivity index (χ2v) is 17.0. The number of thiazole rings is 1. The highest BCUT2D eigenvalue weighted by atomic mass is 32.1. The molecule has 4 aliphatic rings. The maximum atomic E-state index is 13.4. The lowest BCUT2D eigenvalue weighted by Crippen LogP contribution is -2.62. The number of fused-ring (bicyclic) bond motifs is 6. The molecule has 6 rings (SSSR count). The molecule has 2 amide bonds. The number of hydrogen-bond donors (Lipinski definition) is 5. The molecule has 13 atom stereocenters. The Morgan fingerprint density at radius 2 is 1.80 bits per heavy atom. The van der Waals surface area contributed by atoms with Gasteiger partial charge in [0.25, 0.3) is 0 Å². The summed E-state index contributed by atoms with van der Waals surface area (Å²) in [5.74, 6) is 1.09. The van der Waals surface area contributed by atoms with Crippen molar-refractivity contribution >= 4 is 38.5 Å². The number of aromatic nitrogens is 1. The van der Waals surface area contributed by atoms with Gasteiger partial charge in [-0.3, -0.25) is 9.59 Å². The van der Waals surface area contributed by atoms with Crippen LogP contribution in [0.1, 0.15) is 98.8 Å². The molecule has 4 aliphatic carbocycles. The number of nitrogens with one attached hydrogen (secondary N) is 2. The first-order valence-electron chi connectivity index (χ1n) is 17.9. The molecular formula is C37H55N3O5S. The maximum absolute atomic E-state index is 13.4. The summed E-state index contributed by atoms with van der Waals surface area (Å²) in [5.41, 5.74) is 0.595. The van der Waals surface area contributed by atoms with Crippen LogP contribution in [-0.2, 0) is 9.59 Å². The second kappa shape index (κ2) is 13.1. The third-order valence-electron chi connectivity index (χ3n) is 13.7. The zero-order valence-electron chi connectivity index (χ0n) is 28.2. The van der Waals surface area contributed by atoms with Crippen LogP contribution in [0.5, 0.6) is 0 Å². The van der Waals surface area contributed by atoms with Gasteiger partial charge in [0.15, 0.2) is 5.13 Å². The molecule has 0 unspecified atom stereocenters. The van der Waals surface area contributed by atoms with E-state index in [-0.39, 0.29) is 64.3 Å². The van der Waals surface area contributed by atoms with E-state index in [9.17, 15) is 24.9 Å². The van der Waals surface area contributed by atoms with Crippen molar-refractivity contribution in [3.63, 3.8) is 0 Å². The average molecular weight is 654 g/mol. The zero-order chi connectivity index (χ0) is 33.0. The molecule has 9 heteroatoms. The van der Waals surface area contributed by atoms with Gasteiger partial charge in [-0.2, -0.15) is 0 Å². The first-order valence-corrected chi connectivity index (χ1v) is 18.7. The van der Waals surface area contributed by atoms with E-state index in [2.05, 4.69) is 36.4 Å². The van der Waals surface area contributed by atoms with Gasteiger partial charge in [-0.25, -0.2) is 4.98 Å². The molecule has 5 N–H and O–H groups in total. The largest absolute Gasteiger partial charge is 0.393 e. The SMILES string of the molecule is CC[C@H](C)[C@H](NC(=O)CC[C@@H](C)[C@H]1CC[C@H]2[C@@H]3[C@H](O)C[C@@H]4C[C@H](O)CC[C@]4(C)[C@H]3C[C@H](O)[C@]12C)C(=O)Nc1nc2ccccc2s1. The number of carbonyl (C=O) groups excluding carboxylic acids is 2. The Morgan fingerprint density at radius 3 is 2.54 bits per heavy atom. The first-order chi connectivity index (χ1) is 21.9. The summed E-state index contributed by atoms with van der Waals surface area (Å²) in [5, 5.41) is 40.4. The first kappa shape index (κ1) is 33.8. The molecule has 4 fully saturated rings. The molecule has 46 heavy (non-hydrogen) atoms. The molecule has 2 aromatic rings. The lowest BCUT2D eigenvalue weighted by Gasteiger charge is -2.63. The van der Waals surface area contributed by atoms with E-state index in [0.717, 1.165) is 55.2 Å². The number of amides is 2. The van der Waals surface area contributed by atoms with Crippen molar-refractivity contribution in [1.29, 1.82) is 0 Å². The van der Waals surface area contributed by atoms with Crippen LogP contribution in [0.25, 0.3) is 10.2 Å². The molecule has 0 spiro atoms. The highest BCUT2D eigenvalue weighted by Gasteiger charge is 2.65. The van der Waals surface area contributed by atoms with Crippen LogP contribution < -0.4 is 10.6 Å². The minimum Gasteiger partial charge on any atom is -0.393 e. The van der Waals surface area contributed by atoms with Gasteiger partial charge in [0.1, 0.15) is 6.04 Å². The summed E-state index contributed by atoms with van der Waals surface area (Å²) >= 11 is 1.43. The number of hydrogen-bond acceptors (Lipinski definition) is 7. The molecule has 1 aromatic carbocycles. The number of carbonyl (C=O) groups is 2.